The fourth-order valence-corrected chi connectivity index (χ4v) is 2.82. The van der Waals surface area contributed by atoms with Crippen LogP contribution in [0.25, 0.3) is 5.69 Å². The highest BCUT2D eigenvalue weighted by Crippen LogP contribution is 2.18. The van der Waals surface area contributed by atoms with Gasteiger partial charge >= 0.3 is 0 Å². The van der Waals surface area contributed by atoms with Crippen LogP contribution in [0.4, 0.5) is 4.39 Å². The Morgan fingerprint density at radius 2 is 1.96 bits per heavy atom. The van der Waals surface area contributed by atoms with Gasteiger partial charge in [-0.1, -0.05) is 18.2 Å². The van der Waals surface area contributed by atoms with Crippen LogP contribution in [0.15, 0.2) is 54.9 Å². The molecule has 3 aromatic rings. The van der Waals surface area contributed by atoms with Crippen molar-refractivity contribution in [2.24, 2.45) is 0 Å². The number of hydrogen-bond donors (Lipinski definition) is 2. The summed E-state index contributed by atoms with van der Waals surface area (Å²) in [7, 11) is 0. The maximum atomic E-state index is 13.4. The molecule has 1 unspecified atom stereocenters. The van der Waals surface area contributed by atoms with Crippen molar-refractivity contribution in [1.82, 2.24) is 14.9 Å². The van der Waals surface area contributed by atoms with Gasteiger partial charge in [-0.3, -0.25) is 0 Å². The molecule has 0 bridgehead atoms. The largest absolute Gasteiger partial charge is 0.392 e. The summed E-state index contributed by atoms with van der Waals surface area (Å²) in [5.41, 5.74) is 3.53. The second-order valence-electron chi connectivity index (χ2n) is 6.12. The van der Waals surface area contributed by atoms with Crippen LogP contribution in [0.5, 0.6) is 0 Å². The molecular formula is C20H22FN3O. The third kappa shape index (κ3) is 3.95. The lowest BCUT2D eigenvalue weighted by atomic mass is 10.1. The molecule has 2 N–H and O–H groups in total. The van der Waals surface area contributed by atoms with Crippen molar-refractivity contribution in [3.05, 3.63) is 83.2 Å². The summed E-state index contributed by atoms with van der Waals surface area (Å²) in [5, 5.41) is 12.6. The number of rotatable bonds is 6. The van der Waals surface area contributed by atoms with Gasteiger partial charge in [-0.15, -0.1) is 0 Å². The van der Waals surface area contributed by atoms with Crippen molar-refractivity contribution in [2.45, 2.75) is 33.0 Å². The van der Waals surface area contributed by atoms with Crippen molar-refractivity contribution in [3.63, 3.8) is 0 Å². The molecule has 25 heavy (non-hydrogen) atoms. The number of benzene rings is 2. The average Bonchev–Trinajstić information content (AvgIpc) is 3.07. The number of nitrogens with zero attached hydrogens (tertiary/aromatic N) is 2. The molecule has 5 heteroatoms. The molecule has 0 fully saturated rings. The number of aromatic nitrogens is 2. The maximum absolute atomic E-state index is 13.4. The molecule has 0 spiro atoms. The van der Waals surface area contributed by atoms with E-state index in [-0.39, 0.29) is 18.5 Å². The van der Waals surface area contributed by atoms with Crippen LogP contribution in [-0.4, -0.2) is 14.7 Å². The number of halogens is 1. The SMILES string of the molecule is Cc1nccn1-c1ccc(C(C)NCc2ccc(F)c(CO)c2)cc1. The lowest BCUT2D eigenvalue weighted by Crippen LogP contribution is -2.18. The van der Waals surface area contributed by atoms with Gasteiger partial charge in [0.15, 0.2) is 0 Å². The first-order valence-electron chi connectivity index (χ1n) is 8.30. The second-order valence-corrected chi connectivity index (χ2v) is 6.12. The van der Waals surface area contributed by atoms with Crippen LogP contribution in [0.3, 0.4) is 0 Å². The maximum Gasteiger partial charge on any atom is 0.128 e. The molecule has 0 saturated heterocycles. The van der Waals surface area contributed by atoms with E-state index in [1.165, 1.54) is 11.6 Å². The molecule has 3 rings (SSSR count). The summed E-state index contributed by atoms with van der Waals surface area (Å²) in [6.07, 6.45) is 3.73. The van der Waals surface area contributed by atoms with E-state index < -0.39 is 0 Å². The third-order valence-electron chi connectivity index (χ3n) is 4.39. The van der Waals surface area contributed by atoms with Crippen molar-refractivity contribution in [3.8, 4) is 5.69 Å². The van der Waals surface area contributed by atoms with Crippen LogP contribution < -0.4 is 5.32 Å². The first kappa shape index (κ1) is 17.3. The highest BCUT2D eigenvalue weighted by atomic mass is 19.1. The molecule has 0 radical (unpaired) electrons. The number of aliphatic hydroxyl groups is 1. The van der Waals surface area contributed by atoms with Crippen LogP contribution in [0.1, 0.15) is 35.5 Å². The monoisotopic (exact) mass is 339 g/mol. The van der Waals surface area contributed by atoms with Gasteiger partial charge in [0.1, 0.15) is 11.6 Å². The molecule has 130 valence electrons. The lowest BCUT2D eigenvalue weighted by molar-refractivity contribution is 0.275. The first-order chi connectivity index (χ1) is 12.1. The fourth-order valence-electron chi connectivity index (χ4n) is 2.82. The Balaban J connectivity index is 1.65. The average molecular weight is 339 g/mol. The standard InChI is InChI=1S/C20H22FN3O/c1-14(23-12-16-3-8-20(21)18(11-16)13-25)17-4-6-19(7-5-17)24-10-9-22-15(24)2/h3-11,14,23,25H,12-13H2,1-2H3. The number of aliphatic hydroxyl groups excluding tert-OH is 1. The predicted molar refractivity (Wildman–Crippen MR) is 95.9 cm³/mol. The highest BCUT2D eigenvalue weighted by Gasteiger charge is 2.08. The van der Waals surface area contributed by atoms with Gasteiger partial charge in [0.25, 0.3) is 0 Å². The Morgan fingerprint density at radius 1 is 1.20 bits per heavy atom. The van der Waals surface area contributed by atoms with Crippen molar-refractivity contribution >= 4 is 0 Å². The molecule has 1 heterocycles. The molecule has 0 aliphatic rings. The van der Waals surface area contributed by atoms with E-state index in [4.69, 9.17) is 5.11 Å². The summed E-state index contributed by atoms with van der Waals surface area (Å²) < 4.78 is 15.5. The molecule has 0 aliphatic carbocycles. The summed E-state index contributed by atoms with van der Waals surface area (Å²) >= 11 is 0. The van der Waals surface area contributed by atoms with Crippen molar-refractivity contribution in [1.29, 1.82) is 0 Å². The molecule has 1 aromatic heterocycles. The fraction of sp³-hybridized carbons (Fsp3) is 0.250. The molecule has 4 nitrogen and oxygen atoms in total. The van der Waals surface area contributed by atoms with Gasteiger partial charge in [-0.05, 0) is 49.2 Å². The van der Waals surface area contributed by atoms with Crippen molar-refractivity contribution in [2.75, 3.05) is 0 Å². The van der Waals surface area contributed by atoms with Gasteiger partial charge < -0.3 is 15.0 Å². The third-order valence-corrected chi connectivity index (χ3v) is 4.39. The van der Waals surface area contributed by atoms with Crippen LogP contribution in [0, 0.1) is 12.7 Å². The Kier molecular flexibility index (Phi) is 5.26. The minimum absolute atomic E-state index is 0.153. The quantitative estimate of drug-likeness (QED) is 0.720. The van der Waals surface area contributed by atoms with Gasteiger partial charge in [0, 0.05) is 36.2 Å². The van der Waals surface area contributed by atoms with Crippen LogP contribution in [-0.2, 0) is 13.2 Å². The molecule has 0 amide bonds. The van der Waals surface area contributed by atoms with Gasteiger partial charge in [0.2, 0.25) is 0 Å². The van der Waals surface area contributed by atoms with E-state index in [9.17, 15) is 4.39 Å². The normalized spacial score (nSPS) is 12.3. The van der Waals surface area contributed by atoms with E-state index >= 15 is 0 Å². The zero-order valence-electron chi connectivity index (χ0n) is 14.4. The molecule has 2 aromatic carbocycles. The smallest absolute Gasteiger partial charge is 0.128 e. The van der Waals surface area contributed by atoms with Crippen LogP contribution in [0.2, 0.25) is 0 Å². The number of hydrogen-bond acceptors (Lipinski definition) is 3. The Hall–Kier alpha value is -2.50. The first-order valence-corrected chi connectivity index (χ1v) is 8.30. The van der Waals surface area contributed by atoms with Gasteiger partial charge in [0.05, 0.1) is 6.61 Å². The van der Waals surface area contributed by atoms with E-state index in [1.807, 2.05) is 17.7 Å². The molecule has 1 atom stereocenters. The Labute approximate surface area is 147 Å². The minimum Gasteiger partial charge on any atom is -0.392 e. The van der Waals surface area contributed by atoms with Crippen molar-refractivity contribution < 1.29 is 9.50 Å². The zero-order valence-corrected chi connectivity index (χ0v) is 14.4. The summed E-state index contributed by atoms with van der Waals surface area (Å²) in [5.74, 6) is 0.583. The lowest BCUT2D eigenvalue weighted by Gasteiger charge is -2.16. The number of aryl methyl sites for hydroxylation is 1. The van der Waals surface area contributed by atoms with E-state index in [0.29, 0.717) is 12.1 Å². The topological polar surface area (TPSA) is 50.1 Å². The molecule has 0 saturated carbocycles. The highest BCUT2D eigenvalue weighted by molar-refractivity contribution is 5.36. The summed E-state index contributed by atoms with van der Waals surface area (Å²) in [4.78, 5) is 4.24. The molecular weight excluding hydrogens is 317 g/mol. The van der Waals surface area contributed by atoms with Crippen LogP contribution >= 0.6 is 0 Å². The summed E-state index contributed by atoms with van der Waals surface area (Å²) in [6, 6.07) is 13.3. The van der Waals surface area contributed by atoms with E-state index in [0.717, 1.165) is 17.1 Å². The number of imidazole rings is 1. The van der Waals surface area contributed by atoms with Gasteiger partial charge in [-0.2, -0.15) is 0 Å². The van der Waals surface area contributed by atoms with E-state index in [1.54, 1.807) is 18.3 Å². The zero-order chi connectivity index (χ0) is 17.8. The van der Waals surface area contributed by atoms with Gasteiger partial charge in [-0.25, -0.2) is 9.37 Å². The van der Waals surface area contributed by atoms with E-state index in [2.05, 4.69) is 41.5 Å². The minimum atomic E-state index is -0.371. The molecule has 0 aliphatic heterocycles. The Morgan fingerprint density at radius 3 is 2.60 bits per heavy atom. The summed E-state index contributed by atoms with van der Waals surface area (Å²) in [6.45, 7) is 4.39. The predicted octanol–water partition coefficient (Wildman–Crippen LogP) is 3.66. The Bertz CT molecular complexity index is 842. The number of nitrogens with one attached hydrogen (secondary N) is 1. The second kappa shape index (κ2) is 7.59.